The molecule has 1 atom stereocenters. The summed E-state index contributed by atoms with van der Waals surface area (Å²) in [4.78, 5) is 26.6. The lowest BCUT2D eigenvalue weighted by molar-refractivity contribution is -0.118. The van der Waals surface area contributed by atoms with E-state index in [9.17, 15) is 9.59 Å². The molecule has 0 radical (unpaired) electrons. The number of aromatic nitrogens is 2. The molecule has 1 aliphatic rings. The molecular formula is C24H27ClN4O2. The number of hydrogen-bond acceptors (Lipinski definition) is 4. The number of carbonyl (C=O) groups excluding carboxylic acids is 1. The maximum atomic E-state index is 13.2. The number of halogens is 1. The maximum absolute atomic E-state index is 13.2. The quantitative estimate of drug-likeness (QED) is 0.584. The zero-order valence-corrected chi connectivity index (χ0v) is 18.2. The topological polar surface area (TPSA) is 81.2 Å². The second-order valence-corrected chi connectivity index (χ2v) is 8.62. The SMILES string of the molecule is NC(=O)CCCN1CCC[C@@H]1Cn1nc(Cc2ccc(Cl)cc2)c2ccccc2c1=O. The summed E-state index contributed by atoms with van der Waals surface area (Å²) in [6.45, 7) is 2.34. The standard InChI is InChI=1S/C24H27ClN4O2/c25-18-11-9-17(10-12-18)15-22-20-6-1-2-7-21(20)24(31)29(27-22)16-19-5-3-13-28(19)14-4-8-23(26)30/h1-2,6-7,9-12,19H,3-5,8,13-16H2,(H2,26,30)/t19-/m1/s1. The number of likely N-dealkylation sites (tertiary alicyclic amines) is 1. The molecule has 162 valence electrons. The minimum Gasteiger partial charge on any atom is -0.370 e. The second kappa shape index (κ2) is 9.62. The van der Waals surface area contributed by atoms with Crippen LogP contribution >= 0.6 is 11.6 Å². The maximum Gasteiger partial charge on any atom is 0.274 e. The molecule has 6 nitrogen and oxygen atoms in total. The van der Waals surface area contributed by atoms with E-state index in [-0.39, 0.29) is 17.5 Å². The third kappa shape index (κ3) is 5.14. The molecule has 1 saturated heterocycles. The monoisotopic (exact) mass is 438 g/mol. The first-order valence-corrected chi connectivity index (χ1v) is 11.1. The Labute approximate surface area is 186 Å². The number of hydrogen-bond donors (Lipinski definition) is 1. The van der Waals surface area contributed by atoms with Gasteiger partial charge in [-0.1, -0.05) is 41.9 Å². The number of rotatable bonds is 8. The summed E-state index contributed by atoms with van der Waals surface area (Å²) in [6.07, 6.45) is 3.87. The van der Waals surface area contributed by atoms with E-state index in [4.69, 9.17) is 22.4 Å². The van der Waals surface area contributed by atoms with Crippen LogP contribution in [0.15, 0.2) is 53.3 Å². The highest BCUT2D eigenvalue weighted by Crippen LogP contribution is 2.21. The van der Waals surface area contributed by atoms with E-state index in [0.29, 0.717) is 29.8 Å². The number of benzene rings is 2. The normalized spacial score (nSPS) is 16.7. The number of nitrogens with two attached hydrogens (primary N) is 1. The fourth-order valence-electron chi connectivity index (χ4n) is 4.41. The zero-order valence-electron chi connectivity index (χ0n) is 17.5. The largest absolute Gasteiger partial charge is 0.370 e. The van der Waals surface area contributed by atoms with E-state index in [1.807, 2.05) is 48.5 Å². The molecule has 2 heterocycles. The predicted molar refractivity (Wildman–Crippen MR) is 123 cm³/mol. The van der Waals surface area contributed by atoms with Gasteiger partial charge in [-0.3, -0.25) is 14.5 Å². The van der Waals surface area contributed by atoms with Gasteiger partial charge < -0.3 is 5.73 Å². The highest BCUT2D eigenvalue weighted by molar-refractivity contribution is 6.30. The van der Waals surface area contributed by atoms with Gasteiger partial charge in [0.2, 0.25) is 5.91 Å². The Hall–Kier alpha value is -2.70. The van der Waals surface area contributed by atoms with Crippen molar-refractivity contribution in [2.24, 2.45) is 5.73 Å². The molecule has 1 aromatic heterocycles. The first-order chi connectivity index (χ1) is 15.0. The molecule has 0 saturated carbocycles. The van der Waals surface area contributed by atoms with Crippen molar-refractivity contribution in [3.8, 4) is 0 Å². The summed E-state index contributed by atoms with van der Waals surface area (Å²) < 4.78 is 1.63. The molecule has 4 rings (SSSR count). The van der Waals surface area contributed by atoms with E-state index < -0.39 is 0 Å². The van der Waals surface area contributed by atoms with Crippen molar-refractivity contribution in [2.45, 2.75) is 44.7 Å². The van der Waals surface area contributed by atoms with Gasteiger partial charge in [0, 0.05) is 29.3 Å². The average Bonchev–Trinajstić information content (AvgIpc) is 3.19. The molecule has 3 aromatic rings. The highest BCUT2D eigenvalue weighted by atomic mass is 35.5. The molecule has 7 heteroatoms. The Balaban J connectivity index is 1.61. The van der Waals surface area contributed by atoms with Crippen molar-refractivity contribution < 1.29 is 4.79 Å². The Morgan fingerprint density at radius 3 is 2.61 bits per heavy atom. The van der Waals surface area contributed by atoms with Crippen LogP contribution in [-0.2, 0) is 17.8 Å². The van der Waals surface area contributed by atoms with Crippen molar-refractivity contribution in [2.75, 3.05) is 13.1 Å². The summed E-state index contributed by atoms with van der Waals surface area (Å²) in [5, 5.41) is 7.08. The highest BCUT2D eigenvalue weighted by Gasteiger charge is 2.25. The third-order valence-electron chi connectivity index (χ3n) is 5.98. The molecule has 1 fully saturated rings. The van der Waals surface area contributed by atoms with Gasteiger partial charge in [0.25, 0.3) is 5.56 Å². The van der Waals surface area contributed by atoms with Crippen LogP contribution in [0.1, 0.15) is 36.9 Å². The molecule has 2 aromatic carbocycles. The van der Waals surface area contributed by atoms with E-state index in [0.717, 1.165) is 49.0 Å². The lowest BCUT2D eigenvalue weighted by atomic mass is 10.0. The van der Waals surface area contributed by atoms with Crippen molar-refractivity contribution in [3.63, 3.8) is 0 Å². The van der Waals surface area contributed by atoms with Gasteiger partial charge in [0.15, 0.2) is 0 Å². The molecule has 1 aliphatic heterocycles. The van der Waals surface area contributed by atoms with Crippen LogP contribution in [0.2, 0.25) is 5.02 Å². The Morgan fingerprint density at radius 2 is 1.87 bits per heavy atom. The van der Waals surface area contributed by atoms with Crippen LogP contribution in [0.25, 0.3) is 10.8 Å². The minimum absolute atomic E-state index is 0.0561. The van der Waals surface area contributed by atoms with Gasteiger partial charge >= 0.3 is 0 Å². The van der Waals surface area contributed by atoms with Crippen LogP contribution in [0, 0.1) is 0 Å². The van der Waals surface area contributed by atoms with E-state index >= 15 is 0 Å². The fraction of sp³-hybridized carbons (Fsp3) is 0.375. The smallest absolute Gasteiger partial charge is 0.274 e. The number of amides is 1. The number of nitrogens with zero attached hydrogens (tertiary/aromatic N) is 3. The zero-order chi connectivity index (χ0) is 21.8. The van der Waals surface area contributed by atoms with Gasteiger partial charge in [0.1, 0.15) is 0 Å². The summed E-state index contributed by atoms with van der Waals surface area (Å²) in [7, 11) is 0. The van der Waals surface area contributed by atoms with Gasteiger partial charge in [-0.25, -0.2) is 4.68 Å². The molecule has 31 heavy (non-hydrogen) atoms. The summed E-state index contributed by atoms with van der Waals surface area (Å²) in [6, 6.07) is 15.6. The Kier molecular flexibility index (Phi) is 6.68. The van der Waals surface area contributed by atoms with Crippen LogP contribution < -0.4 is 11.3 Å². The summed E-state index contributed by atoms with van der Waals surface area (Å²) in [5.41, 5.74) is 7.20. The molecular weight excluding hydrogens is 412 g/mol. The summed E-state index contributed by atoms with van der Waals surface area (Å²) in [5.74, 6) is -0.269. The Morgan fingerprint density at radius 1 is 1.13 bits per heavy atom. The van der Waals surface area contributed by atoms with Crippen LogP contribution in [-0.4, -0.2) is 39.7 Å². The molecule has 1 amide bonds. The molecule has 0 unspecified atom stereocenters. The predicted octanol–water partition coefficient (Wildman–Crippen LogP) is 3.37. The van der Waals surface area contributed by atoms with Crippen LogP contribution in [0.3, 0.4) is 0 Å². The van der Waals surface area contributed by atoms with E-state index in [2.05, 4.69) is 4.90 Å². The second-order valence-electron chi connectivity index (χ2n) is 8.18. The minimum atomic E-state index is -0.269. The van der Waals surface area contributed by atoms with E-state index in [1.54, 1.807) is 4.68 Å². The molecule has 0 bridgehead atoms. The molecule has 0 aliphatic carbocycles. The van der Waals surface area contributed by atoms with Crippen molar-refractivity contribution >= 4 is 28.3 Å². The van der Waals surface area contributed by atoms with Gasteiger partial charge in [0.05, 0.1) is 17.6 Å². The summed E-state index contributed by atoms with van der Waals surface area (Å²) >= 11 is 6.03. The first-order valence-electron chi connectivity index (χ1n) is 10.8. The lowest BCUT2D eigenvalue weighted by Gasteiger charge is -2.25. The van der Waals surface area contributed by atoms with Crippen LogP contribution in [0.5, 0.6) is 0 Å². The molecule has 0 spiro atoms. The van der Waals surface area contributed by atoms with Crippen molar-refractivity contribution in [1.82, 2.24) is 14.7 Å². The fourth-order valence-corrected chi connectivity index (χ4v) is 4.53. The lowest BCUT2D eigenvalue weighted by Crippen LogP contribution is -2.38. The Bertz CT molecular complexity index is 1130. The van der Waals surface area contributed by atoms with Gasteiger partial charge in [-0.15, -0.1) is 0 Å². The third-order valence-corrected chi connectivity index (χ3v) is 6.23. The van der Waals surface area contributed by atoms with Gasteiger partial charge in [-0.05, 0) is 56.1 Å². The number of primary amides is 1. The van der Waals surface area contributed by atoms with Gasteiger partial charge in [-0.2, -0.15) is 5.10 Å². The average molecular weight is 439 g/mol. The number of fused-ring (bicyclic) bond motifs is 1. The van der Waals surface area contributed by atoms with E-state index in [1.165, 1.54) is 0 Å². The van der Waals surface area contributed by atoms with Crippen molar-refractivity contribution in [1.29, 1.82) is 0 Å². The van der Waals surface area contributed by atoms with Crippen molar-refractivity contribution in [3.05, 3.63) is 75.2 Å². The van der Waals surface area contributed by atoms with Crippen LogP contribution in [0.4, 0.5) is 0 Å². The first kappa shape index (κ1) is 21.5. The molecule has 2 N–H and O–H groups in total. The number of carbonyl (C=O) groups is 1.